The van der Waals surface area contributed by atoms with Crippen molar-refractivity contribution in [2.24, 2.45) is 13.0 Å². The largest absolute Gasteiger partial charge is 0.467 e. The lowest BCUT2D eigenvalue weighted by atomic mass is 9.50. The van der Waals surface area contributed by atoms with E-state index in [0.717, 1.165) is 30.0 Å². The van der Waals surface area contributed by atoms with Crippen LogP contribution in [0.4, 0.5) is 28.2 Å². The summed E-state index contributed by atoms with van der Waals surface area (Å²) < 4.78 is 62.5. The molecule has 190 valence electrons. The average Bonchev–Trinajstić information content (AvgIpc) is 3.41. The number of carbonyl (C=O) groups is 2. The lowest BCUT2D eigenvalue weighted by Crippen LogP contribution is -2.68. The smallest absolute Gasteiger partial charge is 0.422 e. The molecule has 6 rings (SSSR count). The Kier molecular flexibility index (Phi) is 5.63. The first-order valence-corrected chi connectivity index (χ1v) is 11.2. The number of nitrogens with one attached hydrogen (secondary N) is 3. The van der Waals surface area contributed by atoms with E-state index in [1.54, 1.807) is 0 Å². The first-order chi connectivity index (χ1) is 16.5. The van der Waals surface area contributed by atoms with E-state index in [2.05, 4.69) is 30.7 Å². The fourth-order valence-corrected chi connectivity index (χ4v) is 5.01. The van der Waals surface area contributed by atoms with E-state index in [1.165, 1.54) is 13.1 Å². The molecule has 0 spiro atoms. The van der Waals surface area contributed by atoms with Crippen LogP contribution in [0.3, 0.4) is 0 Å². The second-order valence-corrected chi connectivity index (χ2v) is 9.57. The van der Waals surface area contributed by atoms with Crippen LogP contribution >= 0.6 is 0 Å². The summed E-state index contributed by atoms with van der Waals surface area (Å²) in [6.07, 6.45) is -4.07. The van der Waals surface area contributed by atoms with Crippen molar-refractivity contribution in [2.75, 3.05) is 11.9 Å². The number of anilines is 1. The third-order valence-electron chi connectivity index (χ3n) is 6.85. The van der Waals surface area contributed by atoms with Crippen LogP contribution < -0.4 is 15.4 Å². The third-order valence-corrected chi connectivity index (χ3v) is 6.85. The summed E-state index contributed by atoms with van der Waals surface area (Å²) in [6.45, 7) is -1.53. The molecule has 2 amide bonds. The van der Waals surface area contributed by atoms with Gasteiger partial charge in [0.25, 0.3) is 5.91 Å². The molecule has 0 saturated heterocycles. The van der Waals surface area contributed by atoms with E-state index in [9.17, 15) is 27.2 Å². The number of aryl methyl sites for hydroxylation is 1. The summed E-state index contributed by atoms with van der Waals surface area (Å²) in [4.78, 5) is 24.7. The molecule has 2 aromatic heterocycles. The number of rotatable bonds is 7. The molecule has 3 N–H and O–H groups in total. The molecule has 2 bridgehead atoms. The van der Waals surface area contributed by atoms with Gasteiger partial charge in [-0.2, -0.15) is 18.3 Å². The number of halogens is 4. The van der Waals surface area contributed by atoms with Crippen molar-refractivity contribution in [3.63, 3.8) is 0 Å². The van der Waals surface area contributed by atoms with Crippen molar-refractivity contribution in [2.45, 2.75) is 62.0 Å². The fourth-order valence-electron chi connectivity index (χ4n) is 5.01. The Labute approximate surface area is 196 Å². The van der Waals surface area contributed by atoms with Gasteiger partial charge in [0, 0.05) is 36.3 Å². The van der Waals surface area contributed by atoms with Gasteiger partial charge in [0.1, 0.15) is 18.0 Å². The Morgan fingerprint density at radius 2 is 2.00 bits per heavy atom. The first kappa shape index (κ1) is 23.4. The topological polar surface area (TPSA) is 123 Å². The van der Waals surface area contributed by atoms with Gasteiger partial charge in [0.2, 0.25) is 5.88 Å². The Hall–Kier alpha value is -3.32. The van der Waals surface area contributed by atoms with Crippen LogP contribution in [-0.4, -0.2) is 62.6 Å². The van der Waals surface area contributed by atoms with Gasteiger partial charge in [-0.3, -0.25) is 14.6 Å². The molecule has 10 nitrogen and oxygen atoms in total. The quantitative estimate of drug-likeness (QED) is 0.502. The minimum Gasteiger partial charge on any atom is -0.467 e. The monoisotopic (exact) mass is 500 g/mol. The predicted molar refractivity (Wildman–Crippen MR) is 112 cm³/mol. The van der Waals surface area contributed by atoms with Crippen LogP contribution in [0.2, 0.25) is 0 Å². The lowest BCUT2D eigenvalue weighted by molar-refractivity contribution is -0.154. The maximum Gasteiger partial charge on any atom is 0.422 e. The van der Waals surface area contributed by atoms with Crippen LogP contribution in [0.1, 0.15) is 54.2 Å². The fraction of sp³-hybridized carbons (Fsp3) is 0.619. The number of aromatic nitrogens is 4. The van der Waals surface area contributed by atoms with Crippen LogP contribution in [0, 0.1) is 5.92 Å². The van der Waals surface area contributed by atoms with E-state index < -0.39 is 37.1 Å². The van der Waals surface area contributed by atoms with Crippen molar-refractivity contribution in [1.29, 1.82) is 0 Å². The normalized spacial score (nSPS) is 29.2. The van der Waals surface area contributed by atoms with Gasteiger partial charge in [-0.15, -0.1) is 5.10 Å². The predicted octanol–water partition coefficient (Wildman–Crippen LogP) is 3.20. The summed E-state index contributed by atoms with van der Waals surface area (Å²) in [5, 5.41) is 15.9. The molecule has 0 unspecified atom stereocenters. The van der Waals surface area contributed by atoms with Crippen LogP contribution in [0.5, 0.6) is 5.88 Å². The number of hydrogen-bond donors (Lipinski definition) is 3. The van der Waals surface area contributed by atoms with Gasteiger partial charge in [-0.05, 0) is 38.0 Å². The van der Waals surface area contributed by atoms with Crippen molar-refractivity contribution in [1.82, 2.24) is 25.3 Å². The summed E-state index contributed by atoms with van der Waals surface area (Å²) >= 11 is 0. The molecular formula is C21H24F4N6O4. The number of alkyl carbamates (subject to hydrolysis) is 1. The standard InChI is InChI=1S/C21H24F4N6O4/c1-31-14(5-17(30-31)34-9-21(23,24)25)18(32)26-16-4-13(28-29-16)11-2-12(22)15(3-11)35-19(33)27-20-6-10(7-20)8-20/h4-5,10-12,15H,2-3,6-9H2,1H3,(H,27,33)(H2,26,28,29,32)/t10?,11-,12+,15-,20?/m0/s1. The lowest BCUT2D eigenvalue weighted by Gasteiger charge is -2.61. The van der Waals surface area contributed by atoms with Crippen LogP contribution in [0.25, 0.3) is 0 Å². The Morgan fingerprint density at radius 1 is 1.26 bits per heavy atom. The Bertz CT molecular complexity index is 1110. The van der Waals surface area contributed by atoms with E-state index >= 15 is 0 Å². The van der Waals surface area contributed by atoms with Crippen molar-refractivity contribution >= 4 is 17.8 Å². The summed E-state index contributed by atoms with van der Waals surface area (Å²) in [6, 6.07) is 2.62. The molecule has 0 aromatic carbocycles. The van der Waals surface area contributed by atoms with Gasteiger partial charge in [0.05, 0.1) is 0 Å². The summed E-state index contributed by atoms with van der Waals surface area (Å²) in [5.74, 6) is -0.471. The molecule has 4 aliphatic carbocycles. The minimum atomic E-state index is -4.53. The number of aromatic amines is 1. The zero-order valence-electron chi connectivity index (χ0n) is 18.7. The number of H-pyrrole nitrogens is 1. The number of ether oxygens (including phenoxy) is 2. The molecule has 4 saturated carbocycles. The number of alkyl halides is 4. The number of carbonyl (C=O) groups excluding carboxylic acids is 2. The van der Waals surface area contributed by atoms with E-state index in [-0.39, 0.29) is 41.7 Å². The molecule has 0 aliphatic heterocycles. The molecule has 2 aromatic rings. The first-order valence-electron chi connectivity index (χ1n) is 11.2. The van der Waals surface area contributed by atoms with Gasteiger partial charge in [-0.1, -0.05) is 0 Å². The van der Waals surface area contributed by atoms with Gasteiger partial charge >= 0.3 is 12.3 Å². The highest BCUT2D eigenvalue weighted by molar-refractivity contribution is 6.02. The average molecular weight is 500 g/mol. The molecule has 4 fully saturated rings. The highest BCUT2D eigenvalue weighted by Crippen LogP contribution is 2.57. The van der Waals surface area contributed by atoms with Crippen LogP contribution in [-0.2, 0) is 11.8 Å². The zero-order chi connectivity index (χ0) is 25.0. The van der Waals surface area contributed by atoms with Gasteiger partial charge in [0.15, 0.2) is 12.4 Å². The minimum absolute atomic E-state index is 0.0420. The molecule has 14 heteroatoms. The van der Waals surface area contributed by atoms with E-state index in [1.807, 2.05) is 0 Å². The van der Waals surface area contributed by atoms with Crippen molar-refractivity contribution in [3.8, 4) is 5.88 Å². The van der Waals surface area contributed by atoms with Crippen molar-refractivity contribution < 1.29 is 36.6 Å². The number of nitrogens with zero attached hydrogens (tertiary/aromatic N) is 3. The third kappa shape index (κ3) is 4.91. The molecule has 2 heterocycles. The molecule has 0 radical (unpaired) electrons. The highest BCUT2D eigenvalue weighted by atomic mass is 19.4. The summed E-state index contributed by atoms with van der Waals surface area (Å²) in [7, 11) is 1.38. The number of amides is 2. The van der Waals surface area contributed by atoms with E-state index in [0.29, 0.717) is 11.6 Å². The maximum atomic E-state index is 14.5. The van der Waals surface area contributed by atoms with Gasteiger partial charge < -0.3 is 20.1 Å². The van der Waals surface area contributed by atoms with Crippen molar-refractivity contribution in [3.05, 3.63) is 23.5 Å². The highest BCUT2D eigenvalue weighted by Gasteiger charge is 2.58. The van der Waals surface area contributed by atoms with Crippen LogP contribution in [0.15, 0.2) is 12.1 Å². The summed E-state index contributed by atoms with van der Waals surface area (Å²) in [5.41, 5.74) is 0.369. The Balaban J connectivity index is 1.14. The van der Waals surface area contributed by atoms with Gasteiger partial charge in [-0.25, -0.2) is 9.18 Å². The second-order valence-electron chi connectivity index (χ2n) is 9.57. The zero-order valence-corrected chi connectivity index (χ0v) is 18.7. The number of hydrogen-bond acceptors (Lipinski definition) is 6. The molecule has 4 aliphatic rings. The SMILES string of the molecule is Cn1nc(OCC(F)(F)F)cc1C(=O)Nc1cc([C@H]2C[C@@H](F)[C@@H](OC(=O)NC34CC(C3)C4)C2)[nH]n1. The second kappa shape index (κ2) is 8.41. The molecular weight excluding hydrogens is 476 g/mol. The Morgan fingerprint density at radius 3 is 2.66 bits per heavy atom. The van der Waals surface area contributed by atoms with E-state index in [4.69, 9.17) is 4.74 Å². The molecule has 35 heavy (non-hydrogen) atoms. The maximum absolute atomic E-state index is 14.5. The molecule has 3 atom stereocenters.